The fourth-order valence-electron chi connectivity index (χ4n) is 3.41. The van der Waals surface area contributed by atoms with Crippen LogP contribution in [0.1, 0.15) is 45.6 Å². The highest BCUT2D eigenvalue weighted by atomic mass is 32.2. The van der Waals surface area contributed by atoms with Gasteiger partial charge in [0.1, 0.15) is 0 Å². The Morgan fingerprint density at radius 3 is 2.46 bits per heavy atom. The van der Waals surface area contributed by atoms with Crippen molar-refractivity contribution in [2.24, 2.45) is 0 Å². The van der Waals surface area contributed by atoms with Crippen molar-refractivity contribution in [2.75, 3.05) is 30.3 Å². The number of hydrogen-bond donors (Lipinski definition) is 0. The van der Waals surface area contributed by atoms with Crippen molar-refractivity contribution < 1.29 is 13.2 Å². The third-order valence-corrected chi connectivity index (χ3v) is 7.98. The molecule has 0 N–H and O–H groups in total. The lowest BCUT2D eigenvalue weighted by Gasteiger charge is -2.26. The smallest absolute Gasteiger partial charge is 0.243 e. The summed E-state index contributed by atoms with van der Waals surface area (Å²) in [5, 5.41) is 0. The Hall–Kier alpha value is -1.05. The Morgan fingerprint density at radius 1 is 1.12 bits per heavy atom. The predicted octanol–water partition coefficient (Wildman–Crippen LogP) is 3.28. The molecule has 0 saturated carbocycles. The Labute approximate surface area is 161 Å². The molecular weight excluding hydrogens is 368 g/mol. The second kappa shape index (κ2) is 7.52. The van der Waals surface area contributed by atoms with Crippen LogP contribution in [0.2, 0.25) is 0 Å². The maximum Gasteiger partial charge on any atom is 0.243 e. The SMILES string of the molecule is CC(C)(C)SCC(=O)N1CCc2cc(S(=O)(=O)N3CCCCC3)ccc21. The summed E-state index contributed by atoms with van der Waals surface area (Å²) in [5.74, 6) is 0.534. The molecule has 2 aliphatic heterocycles. The lowest BCUT2D eigenvalue weighted by molar-refractivity contribution is -0.116. The van der Waals surface area contributed by atoms with Crippen LogP contribution in [-0.4, -0.2) is 48.8 Å². The number of anilines is 1. The third-order valence-electron chi connectivity index (χ3n) is 4.83. The molecule has 144 valence electrons. The highest BCUT2D eigenvalue weighted by molar-refractivity contribution is 8.01. The highest BCUT2D eigenvalue weighted by Gasteiger charge is 2.30. The van der Waals surface area contributed by atoms with Crippen molar-refractivity contribution in [3.05, 3.63) is 23.8 Å². The summed E-state index contributed by atoms with van der Waals surface area (Å²) in [5.41, 5.74) is 1.82. The molecule has 1 saturated heterocycles. The fraction of sp³-hybridized carbons (Fsp3) is 0.632. The number of amides is 1. The lowest BCUT2D eigenvalue weighted by atomic mass is 10.2. The molecule has 3 rings (SSSR count). The molecule has 2 aliphatic rings. The maximum absolute atomic E-state index is 12.9. The molecule has 0 aliphatic carbocycles. The molecule has 1 amide bonds. The summed E-state index contributed by atoms with van der Waals surface area (Å²) in [6.07, 6.45) is 3.67. The van der Waals surface area contributed by atoms with Gasteiger partial charge in [0, 0.05) is 30.1 Å². The van der Waals surface area contributed by atoms with E-state index in [1.54, 1.807) is 39.2 Å². The van der Waals surface area contributed by atoms with Crippen molar-refractivity contribution >= 4 is 33.4 Å². The minimum absolute atomic E-state index is 0.0462. The maximum atomic E-state index is 12.9. The van der Waals surface area contributed by atoms with Crippen LogP contribution in [0.4, 0.5) is 5.69 Å². The van der Waals surface area contributed by atoms with E-state index in [-0.39, 0.29) is 10.7 Å². The number of carbonyl (C=O) groups is 1. The Balaban J connectivity index is 1.77. The number of rotatable bonds is 4. The molecular formula is C19H28N2O3S2. The van der Waals surface area contributed by atoms with Crippen LogP contribution < -0.4 is 4.90 Å². The largest absolute Gasteiger partial charge is 0.311 e. The summed E-state index contributed by atoms with van der Waals surface area (Å²) >= 11 is 1.64. The Kier molecular flexibility index (Phi) is 5.70. The van der Waals surface area contributed by atoms with Gasteiger partial charge in [-0.05, 0) is 43.0 Å². The first-order valence-corrected chi connectivity index (χ1v) is 11.7. The minimum atomic E-state index is -3.43. The van der Waals surface area contributed by atoms with E-state index in [4.69, 9.17) is 0 Å². The average molecular weight is 397 g/mol. The number of hydrogen-bond acceptors (Lipinski definition) is 4. The number of benzene rings is 1. The first kappa shape index (κ1) is 19.7. The van der Waals surface area contributed by atoms with Crippen molar-refractivity contribution in [1.82, 2.24) is 4.31 Å². The summed E-state index contributed by atoms with van der Waals surface area (Å²) < 4.78 is 27.4. The van der Waals surface area contributed by atoms with Gasteiger partial charge in [0.25, 0.3) is 0 Å². The average Bonchev–Trinajstić information content (AvgIpc) is 3.03. The zero-order valence-electron chi connectivity index (χ0n) is 15.8. The van der Waals surface area contributed by atoms with E-state index in [1.165, 1.54) is 0 Å². The number of fused-ring (bicyclic) bond motifs is 1. The summed E-state index contributed by atoms with van der Waals surface area (Å²) in [6.45, 7) is 8.13. The quantitative estimate of drug-likeness (QED) is 0.784. The van der Waals surface area contributed by atoms with Crippen LogP contribution in [0.15, 0.2) is 23.1 Å². The van der Waals surface area contributed by atoms with E-state index in [0.29, 0.717) is 36.7 Å². The second-order valence-electron chi connectivity index (χ2n) is 7.95. The zero-order valence-corrected chi connectivity index (χ0v) is 17.5. The third kappa shape index (κ3) is 4.26. The first-order chi connectivity index (χ1) is 12.2. The van der Waals surface area contributed by atoms with Gasteiger partial charge in [0.2, 0.25) is 15.9 Å². The molecule has 7 heteroatoms. The van der Waals surface area contributed by atoms with E-state index in [2.05, 4.69) is 20.8 Å². The van der Waals surface area contributed by atoms with Crippen LogP contribution >= 0.6 is 11.8 Å². The molecule has 0 spiro atoms. The van der Waals surface area contributed by atoms with Gasteiger partial charge in [-0.1, -0.05) is 27.2 Å². The van der Waals surface area contributed by atoms with Gasteiger partial charge in [-0.2, -0.15) is 4.31 Å². The predicted molar refractivity (Wildman–Crippen MR) is 107 cm³/mol. The van der Waals surface area contributed by atoms with Gasteiger partial charge in [-0.25, -0.2) is 8.42 Å². The molecule has 1 fully saturated rings. The number of sulfonamides is 1. The van der Waals surface area contributed by atoms with Crippen LogP contribution in [0.3, 0.4) is 0 Å². The van der Waals surface area contributed by atoms with Gasteiger partial charge in [-0.15, -0.1) is 11.8 Å². The van der Waals surface area contributed by atoms with E-state index < -0.39 is 10.0 Å². The molecule has 1 aromatic rings. The number of thioether (sulfide) groups is 1. The van der Waals surface area contributed by atoms with Gasteiger partial charge in [-0.3, -0.25) is 4.79 Å². The molecule has 5 nitrogen and oxygen atoms in total. The van der Waals surface area contributed by atoms with Crippen molar-refractivity contribution in [3.63, 3.8) is 0 Å². The molecule has 0 bridgehead atoms. The Morgan fingerprint density at radius 2 is 1.81 bits per heavy atom. The topological polar surface area (TPSA) is 57.7 Å². The number of piperidine rings is 1. The van der Waals surface area contributed by atoms with E-state index >= 15 is 0 Å². The summed E-state index contributed by atoms with van der Waals surface area (Å²) in [4.78, 5) is 14.7. The standard InChI is InChI=1S/C19H28N2O3S2/c1-19(2,3)25-14-18(22)21-12-9-15-13-16(7-8-17(15)21)26(23,24)20-10-5-4-6-11-20/h7-8,13H,4-6,9-12,14H2,1-3H3. The van der Waals surface area contributed by atoms with Crippen molar-refractivity contribution in [2.45, 2.75) is 56.1 Å². The number of carbonyl (C=O) groups excluding carboxylic acids is 1. The number of nitrogens with zero attached hydrogens (tertiary/aromatic N) is 2. The zero-order chi connectivity index (χ0) is 18.9. The minimum Gasteiger partial charge on any atom is -0.311 e. The molecule has 2 heterocycles. The summed E-state index contributed by atoms with van der Waals surface area (Å²) in [7, 11) is -3.43. The molecule has 0 atom stereocenters. The lowest BCUT2D eigenvalue weighted by Crippen LogP contribution is -2.35. The van der Waals surface area contributed by atoms with Gasteiger partial charge in [0.15, 0.2) is 0 Å². The van der Waals surface area contributed by atoms with Crippen LogP contribution in [0.25, 0.3) is 0 Å². The van der Waals surface area contributed by atoms with E-state index in [9.17, 15) is 13.2 Å². The van der Waals surface area contributed by atoms with Crippen LogP contribution in [0, 0.1) is 0 Å². The highest BCUT2D eigenvalue weighted by Crippen LogP contribution is 2.33. The van der Waals surface area contributed by atoms with E-state index in [0.717, 1.165) is 30.5 Å². The molecule has 26 heavy (non-hydrogen) atoms. The van der Waals surface area contributed by atoms with Crippen LogP contribution in [0.5, 0.6) is 0 Å². The fourth-order valence-corrected chi connectivity index (χ4v) is 5.69. The van der Waals surface area contributed by atoms with Crippen LogP contribution in [-0.2, 0) is 21.2 Å². The molecule has 0 aromatic heterocycles. The Bertz CT molecular complexity index is 778. The molecule has 0 radical (unpaired) electrons. The van der Waals surface area contributed by atoms with Gasteiger partial charge in [0.05, 0.1) is 10.6 Å². The van der Waals surface area contributed by atoms with Gasteiger partial charge >= 0.3 is 0 Å². The monoisotopic (exact) mass is 396 g/mol. The normalized spacial score (nSPS) is 18.8. The first-order valence-electron chi connectivity index (χ1n) is 9.26. The van der Waals surface area contributed by atoms with Crippen molar-refractivity contribution in [1.29, 1.82) is 0 Å². The van der Waals surface area contributed by atoms with Gasteiger partial charge < -0.3 is 4.90 Å². The molecule has 0 unspecified atom stereocenters. The van der Waals surface area contributed by atoms with Crippen molar-refractivity contribution in [3.8, 4) is 0 Å². The summed E-state index contributed by atoms with van der Waals surface area (Å²) in [6, 6.07) is 5.23. The molecule has 1 aromatic carbocycles. The van der Waals surface area contributed by atoms with E-state index in [1.807, 2.05) is 0 Å². The second-order valence-corrected chi connectivity index (χ2v) is 11.7.